The zero-order valence-electron chi connectivity index (χ0n) is 16.6. The fourth-order valence-electron chi connectivity index (χ4n) is 2.91. The van der Waals surface area contributed by atoms with Crippen molar-refractivity contribution < 1.29 is 21.6 Å². The maximum Gasteiger partial charge on any atom is 0.511 e. The lowest BCUT2D eigenvalue weighted by Gasteiger charge is -2.31. The van der Waals surface area contributed by atoms with Crippen molar-refractivity contribution >= 4 is 40.0 Å². The molecule has 9 nitrogen and oxygen atoms in total. The first kappa shape index (κ1) is 25.9. The second-order valence-corrected chi connectivity index (χ2v) is 8.57. The first-order chi connectivity index (χ1) is 13.1. The molecule has 1 N–H and O–H groups in total. The first-order valence-electron chi connectivity index (χ1n) is 8.95. The van der Waals surface area contributed by atoms with Gasteiger partial charge in [0.25, 0.3) is 0 Å². The number of aliphatic imine (C=N–C) groups is 1. The molecule has 1 aromatic rings. The van der Waals surface area contributed by atoms with Crippen LogP contribution in [0.5, 0.6) is 0 Å². The van der Waals surface area contributed by atoms with E-state index in [1.807, 2.05) is 18.9 Å². The maximum absolute atomic E-state index is 12.6. The second-order valence-electron chi connectivity index (χ2n) is 6.64. The Morgan fingerprint density at radius 1 is 1.38 bits per heavy atom. The number of nitrogens with zero attached hydrogens (tertiary/aromatic N) is 6. The molecule has 0 amide bonds. The van der Waals surface area contributed by atoms with Gasteiger partial charge in [0.15, 0.2) is 5.96 Å². The Labute approximate surface area is 185 Å². The van der Waals surface area contributed by atoms with Gasteiger partial charge in [-0.3, -0.25) is 9.67 Å². The van der Waals surface area contributed by atoms with Crippen LogP contribution < -0.4 is 5.32 Å². The van der Waals surface area contributed by atoms with Gasteiger partial charge < -0.3 is 10.2 Å². The monoisotopic (exact) mass is 553 g/mol. The average Bonchev–Trinajstić information content (AvgIpc) is 3.02. The van der Waals surface area contributed by atoms with E-state index in [2.05, 4.69) is 20.4 Å². The minimum absolute atomic E-state index is 0. The number of hydrogen-bond acceptors (Lipinski definition) is 5. The standard InChI is InChI=1S/C15H26F3N7O2S.HI/c1-4-19-14(23(2)10-13-21-11-22-24(13)3)20-9-12-5-7-25(8-6-12)28(26,27)15(16,17)18;/h11-12H,4-10H2,1-3H3,(H,19,20);1H. The van der Waals surface area contributed by atoms with Crippen LogP contribution in [0.2, 0.25) is 0 Å². The minimum Gasteiger partial charge on any atom is -0.357 e. The van der Waals surface area contributed by atoms with Gasteiger partial charge in [-0.2, -0.15) is 22.6 Å². The molecular formula is C15H27F3IN7O2S. The lowest BCUT2D eigenvalue weighted by molar-refractivity contribution is -0.0496. The predicted octanol–water partition coefficient (Wildman–Crippen LogP) is 1.39. The maximum atomic E-state index is 12.6. The molecule has 0 unspecified atom stereocenters. The van der Waals surface area contributed by atoms with Crippen LogP contribution >= 0.6 is 24.0 Å². The summed E-state index contributed by atoms with van der Waals surface area (Å²) in [7, 11) is -1.60. The second kappa shape index (κ2) is 10.7. The molecule has 0 bridgehead atoms. The highest BCUT2D eigenvalue weighted by molar-refractivity contribution is 14.0. The van der Waals surface area contributed by atoms with E-state index < -0.39 is 15.5 Å². The molecule has 29 heavy (non-hydrogen) atoms. The molecule has 14 heteroatoms. The molecule has 1 aliphatic rings. The van der Waals surface area contributed by atoms with Gasteiger partial charge >= 0.3 is 15.5 Å². The van der Waals surface area contributed by atoms with Gasteiger partial charge in [-0.15, -0.1) is 24.0 Å². The van der Waals surface area contributed by atoms with Crippen LogP contribution in [0, 0.1) is 5.92 Å². The van der Waals surface area contributed by atoms with Crippen molar-refractivity contribution in [2.24, 2.45) is 18.0 Å². The lowest BCUT2D eigenvalue weighted by Crippen LogP contribution is -2.45. The normalized spacial score (nSPS) is 17.1. The van der Waals surface area contributed by atoms with Gasteiger partial charge in [-0.1, -0.05) is 0 Å². The fraction of sp³-hybridized carbons (Fsp3) is 0.800. The summed E-state index contributed by atoms with van der Waals surface area (Å²) < 4.78 is 63.1. The minimum atomic E-state index is -5.25. The Kier molecular flexibility index (Phi) is 9.59. The Morgan fingerprint density at radius 2 is 2.00 bits per heavy atom. The molecule has 168 valence electrons. The molecule has 1 fully saturated rings. The van der Waals surface area contributed by atoms with Crippen molar-refractivity contribution in [1.29, 1.82) is 0 Å². The lowest BCUT2D eigenvalue weighted by atomic mass is 9.98. The topological polar surface area (TPSA) is 95.7 Å². The summed E-state index contributed by atoms with van der Waals surface area (Å²) in [6.45, 7) is 3.20. The van der Waals surface area contributed by atoms with E-state index in [0.29, 0.717) is 42.7 Å². The number of nitrogens with one attached hydrogen (secondary N) is 1. The van der Waals surface area contributed by atoms with Crippen molar-refractivity contribution in [1.82, 2.24) is 29.3 Å². The van der Waals surface area contributed by atoms with Crippen LogP contribution in [0.15, 0.2) is 11.3 Å². The summed E-state index contributed by atoms with van der Waals surface area (Å²) in [5.41, 5.74) is -5.25. The fourth-order valence-corrected chi connectivity index (χ4v) is 3.90. The number of alkyl halides is 3. The largest absolute Gasteiger partial charge is 0.511 e. The summed E-state index contributed by atoms with van der Waals surface area (Å²) in [4.78, 5) is 10.6. The van der Waals surface area contributed by atoms with Crippen LogP contribution in [0.25, 0.3) is 0 Å². The highest BCUT2D eigenvalue weighted by Crippen LogP contribution is 2.30. The first-order valence-corrected chi connectivity index (χ1v) is 10.4. The molecular weight excluding hydrogens is 526 g/mol. The van der Waals surface area contributed by atoms with Gasteiger partial charge in [0.1, 0.15) is 12.2 Å². The smallest absolute Gasteiger partial charge is 0.357 e. The van der Waals surface area contributed by atoms with Crippen molar-refractivity contribution in [2.75, 3.05) is 33.2 Å². The van der Waals surface area contributed by atoms with Crippen molar-refractivity contribution in [3.63, 3.8) is 0 Å². The van der Waals surface area contributed by atoms with Gasteiger partial charge in [0, 0.05) is 40.3 Å². The summed E-state index contributed by atoms with van der Waals surface area (Å²) in [6.07, 6.45) is 2.15. The number of aryl methyl sites for hydroxylation is 1. The van der Waals surface area contributed by atoms with Crippen molar-refractivity contribution in [3.05, 3.63) is 12.2 Å². The molecule has 0 aliphatic carbocycles. The highest BCUT2D eigenvalue weighted by atomic mass is 127. The predicted molar refractivity (Wildman–Crippen MR) is 113 cm³/mol. The Balaban J connectivity index is 0.00000420. The van der Waals surface area contributed by atoms with Crippen LogP contribution in [0.1, 0.15) is 25.6 Å². The van der Waals surface area contributed by atoms with Gasteiger partial charge in [-0.25, -0.2) is 13.4 Å². The van der Waals surface area contributed by atoms with E-state index in [9.17, 15) is 21.6 Å². The SMILES string of the molecule is CCNC(=NCC1CCN(S(=O)(=O)C(F)(F)F)CC1)N(C)Cc1ncnn1C.I. The molecule has 0 radical (unpaired) electrons. The number of aromatic nitrogens is 3. The molecule has 2 heterocycles. The highest BCUT2D eigenvalue weighted by Gasteiger charge is 2.50. The zero-order chi connectivity index (χ0) is 20.9. The summed E-state index contributed by atoms with van der Waals surface area (Å²) in [5.74, 6) is 1.44. The summed E-state index contributed by atoms with van der Waals surface area (Å²) in [5, 5.41) is 7.19. The van der Waals surface area contributed by atoms with Gasteiger partial charge in [0.2, 0.25) is 0 Å². The third-order valence-corrected chi connectivity index (χ3v) is 6.22. The molecule has 0 spiro atoms. The molecule has 0 aromatic carbocycles. The molecule has 1 saturated heterocycles. The third kappa shape index (κ3) is 6.67. The number of halogens is 4. The van der Waals surface area contributed by atoms with E-state index in [1.54, 1.807) is 11.7 Å². The van der Waals surface area contributed by atoms with Crippen LogP contribution in [-0.4, -0.2) is 77.1 Å². The quantitative estimate of drug-likeness (QED) is 0.325. The van der Waals surface area contributed by atoms with Crippen LogP contribution in [0.4, 0.5) is 13.2 Å². The van der Waals surface area contributed by atoms with E-state index in [-0.39, 0.29) is 43.0 Å². The number of guanidine groups is 1. The Morgan fingerprint density at radius 3 is 2.48 bits per heavy atom. The van der Waals surface area contributed by atoms with E-state index in [1.165, 1.54) is 6.33 Å². The molecule has 2 rings (SSSR count). The Hall–Kier alpha value is -1.16. The molecule has 1 aliphatic heterocycles. The average molecular weight is 553 g/mol. The van der Waals surface area contributed by atoms with Crippen LogP contribution in [-0.2, 0) is 23.6 Å². The van der Waals surface area contributed by atoms with E-state index >= 15 is 0 Å². The number of rotatable bonds is 6. The van der Waals surface area contributed by atoms with E-state index in [0.717, 1.165) is 5.82 Å². The number of hydrogen-bond donors (Lipinski definition) is 1. The molecule has 1 aromatic heterocycles. The summed E-state index contributed by atoms with van der Waals surface area (Å²) in [6, 6.07) is 0. The van der Waals surface area contributed by atoms with Gasteiger partial charge in [0.05, 0.1) is 6.54 Å². The number of sulfonamides is 1. The number of piperidine rings is 1. The molecule has 0 saturated carbocycles. The van der Waals surface area contributed by atoms with E-state index in [4.69, 9.17) is 0 Å². The van der Waals surface area contributed by atoms with Gasteiger partial charge in [-0.05, 0) is 25.7 Å². The van der Waals surface area contributed by atoms with Crippen molar-refractivity contribution in [3.8, 4) is 0 Å². The summed E-state index contributed by atoms with van der Waals surface area (Å²) >= 11 is 0. The molecule has 0 atom stereocenters. The van der Waals surface area contributed by atoms with Crippen LogP contribution in [0.3, 0.4) is 0 Å². The zero-order valence-corrected chi connectivity index (χ0v) is 19.7. The Bertz CT molecular complexity index is 777. The third-order valence-electron chi connectivity index (χ3n) is 4.59. The van der Waals surface area contributed by atoms with Crippen molar-refractivity contribution in [2.45, 2.75) is 31.8 Å².